The number of hydrogen-bond donors (Lipinski definition) is 1. The van der Waals surface area contributed by atoms with Gasteiger partial charge in [-0.25, -0.2) is 0 Å². The maximum atomic E-state index is 12.8. The van der Waals surface area contributed by atoms with Crippen molar-refractivity contribution in [3.63, 3.8) is 0 Å². The molecule has 20 heavy (non-hydrogen) atoms. The fourth-order valence-corrected chi connectivity index (χ4v) is 3.97. The summed E-state index contributed by atoms with van der Waals surface area (Å²) in [7, 11) is 0. The van der Waals surface area contributed by atoms with Crippen LogP contribution in [0.3, 0.4) is 0 Å². The van der Waals surface area contributed by atoms with Crippen LogP contribution in [0.1, 0.15) is 37.7 Å². The SMILES string of the molecule is Nc1ccc(CN(C(=O)C2C3CCCC32)C2CC2)cc1. The predicted octanol–water partition coefficient (Wildman–Crippen LogP) is 2.81. The molecule has 3 aliphatic carbocycles. The van der Waals surface area contributed by atoms with Gasteiger partial charge in [-0.3, -0.25) is 4.79 Å². The minimum atomic E-state index is 0.359. The molecule has 3 fully saturated rings. The monoisotopic (exact) mass is 270 g/mol. The lowest BCUT2D eigenvalue weighted by Crippen LogP contribution is -2.34. The molecule has 3 aliphatic rings. The summed E-state index contributed by atoms with van der Waals surface area (Å²) in [6.07, 6.45) is 6.26. The molecule has 0 spiro atoms. The number of anilines is 1. The quantitative estimate of drug-likeness (QED) is 0.855. The van der Waals surface area contributed by atoms with E-state index < -0.39 is 0 Å². The lowest BCUT2D eigenvalue weighted by Gasteiger charge is -2.23. The Hall–Kier alpha value is -1.51. The molecule has 0 saturated heterocycles. The van der Waals surface area contributed by atoms with Crippen molar-refractivity contribution in [3.8, 4) is 0 Å². The van der Waals surface area contributed by atoms with Crippen molar-refractivity contribution in [2.24, 2.45) is 17.8 Å². The Morgan fingerprint density at radius 1 is 1.10 bits per heavy atom. The normalized spacial score (nSPS) is 30.9. The lowest BCUT2D eigenvalue weighted by atomic mass is 10.1. The van der Waals surface area contributed by atoms with Crippen molar-refractivity contribution in [1.82, 2.24) is 4.90 Å². The molecule has 1 amide bonds. The summed E-state index contributed by atoms with van der Waals surface area (Å²) in [5, 5.41) is 0. The standard InChI is InChI=1S/C17H22N2O/c18-12-6-4-11(5-7-12)10-19(13-8-9-13)17(20)16-14-2-1-3-15(14)16/h4-7,13-16H,1-3,8-10,18H2. The molecule has 1 aromatic carbocycles. The van der Waals surface area contributed by atoms with E-state index in [9.17, 15) is 4.79 Å². The zero-order chi connectivity index (χ0) is 13.7. The topological polar surface area (TPSA) is 46.3 Å². The summed E-state index contributed by atoms with van der Waals surface area (Å²) in [5.74, 6) is 2.22. The Balaban J connectivity index is 1.47. The largest absolute Gasteiger partial charge is 0.399 e. The van der Waals surface area contributed by atoms with Crippen LogP contribution < -0.4 is 5.73 Å². The molecule has 0 heterocycles. The third kappa shape index (κ3) is 2.09. The van der Waals surface area contributed by atoms with Gasteiger partial charge in [0, 0.05) is 24.2 Å². The molecule has 0 radical (unpaired) electrons. The van der Waals surface area contributed by atoms with Gasteiger partial charge in [0.05, 0.1) is 0 Å². The average Bonchev–Trinajstić information content (AvgIpc) is 3.36. The van der Waals surface area contributed by atoms with E-state index in [0.717, 1.165) is 24.1 Å². The highest BCUT2D eigenvalue weighted by molar-refractivity contribution is 5.83. The summed E-state index contributed by atoms with van der Waals surface area (Å²) in [6, 6.07) is 8.45. The van der Waals surface area contributed by atoms with Crippen LogP contribution in [0.15, 0.2) is 24.3 Å². The van der Waals surface area contributed by atoms with E-state index in [4.69, 9.17) is 5.73 Å². The molecule has 3 heteroatoms. The van der Waals surface area contributed by atoms with Gasteiger partial charge >= 0.3 is 0 Å². The highest BCUT2D eigenvalue weighted by Gasteiger charge is 2.58. The van der Waals surface area contributed by atoms with Crippen molar-refractivity contribution in [2.45, 2.75) is 44.7 Å². The predicted molar refractivity (Wildman–Crippen MR) is 78.7 cm³/mol. The smallest absolute Gasteiger partial charge is 0.226 e. The van der Waals surface area contributed by atoms with Crippen LogP contribution in [-0.2, 0) is 11.3 Å². The van der Waals surface area contributed by atoms with E-state index in [1.54, 1.807) is 0 Å². The van der Waals surface area contributed by atoms with Gasteiger partial charge in [0.25, 0.3) is 0 Å². The van der Waals surface area contributed by atoms with Gasteiger partial charge in [-0.05, 0) is 55.2 Å². The maximum absolute atomic E-state index is 12.8. The molecule has 2 atom stereocenters. The molecule has 2 unspecified atom stereocenters. The summed E-state index contributed by atoms with van der Waals surface area (Å²) in [6.45, 7) is 0.764. The van der Waals surface area contributed by atoms with Crippen LogP contribution in [0.5, 0.6) is 0 Å². The first-order chi connectivity index (χ1) is 9.74. The van der Waals surface area contributed by atoms with Crippen molar-refractivity contribution in [1.29, 1.82) is 0 Å². The molecule has 0 aliphatic heterocycles. The van der Waals surface area contributed by atoms with Crippen LogP contribution in [0.25, 0.3) is 0 Å². The third-order valence-corrected chi connectivity index (χ3v) is 5.30. The second kappa shape index (κ2) is 4.51. The highest BCUT2D eigenvalue weighted by atomic mass is 16.2. The van der Waals surface area contributed by atoms with Crippen molar-refractivity contribution in [3.05, 3.63) is 29.8 Å². The van der Waals surface area contributed by atoms with Crippen molar-refractivity contribution < 1.29 is 4.79 Å². The second-order valence-corrected chi connectivity index (χ2v) is 6.72. The maximum Gasteiger partial charge on any atom is 0.226 e. The summed E-state index contributed by atoms with van der Waals surface area (Å²) in [4.78, 5) is 14.9. The number of benzene rings is 1. The molecular weight excluding hydrogens is 248 g/mol. The number of carbonyl (C=O) groups excluding carboxylic acids is 1. The molecule has 1 aromatic rings. The molecule has 3 saturated carbocycles. The van der Waals surface area contributed by atoms with Crippen molar-refractivity contribution in [2.75, 3.05) is 5.73 Å². The molecule has 3 nitrogen and oxygen atoms in total. The second-order valence-electron chi connectivity index (χ2n) is 6.72. The third-order valence-electron chi connectivity index (χ3n) is 5.30. The number of nitrogen functional groups attached to an aromatic ring is 1. The van der Waals surface area contributed by atoms with Gasteiger partial charge in [0.2, 0.25) is 5.91 Å². The Labute approximate surface area is 120 Å². The molecule has 4 rings (SSSR count). The molecule has 0 aromatic heterocycles. The van der Waals surface area contributed by atoms with Crippen LogP contribution in [-0.4, -0.2) is 16.8 Å². The Bertz CT molecular complexity index is 510. The van der Waals surface area contributed by atoms with E-state index in [0.29, 0.717) is 17.9 Å². The number of carbonyl (C=O) groups is 1. The number of fused-ring (bicyclic) bond motifs is 1. The van der Waals surface area contributed by atoms with Crippen LogP contribution in [0.4, 0.5) is 5.69 Å². The van der Waals surface area contributed by atoms with Gasteiger partial charge in [0.15, 0.2) is 0 Å². The first-order valence-corrected chi connectivity index (χ1v) is 7.89. The Morgan fingerprint density at radius 3 is 2.35 bits per heavy atom. The number of amides is 1. The molecule has 0 bridgehead atoms. The zero-order valence-corrected chi connectivity index (χ0v) is 11.8. The highest BCUT2D eigenvalue weighted by Crippen LogP contribution is 2.58. The summed E-state index contributed by atoms with van der Waals surface area (Å²) < 4.78 is 0. The van der Waals surface area contributed by atoms with E-state index in [1.165, 1.54) is 37.7 Å². The van der Waals surface area contributed by atoms with E-state index in [-0.39, 0.29) is 0 Å². The van der Waals surface area contributed by atoms with Crippen LogP contribution in [0, 0.1) is 17.8 Å². The van der Waals surface area contributed by atoms with Crippen LogP contribution in [0.2, 0.25) is 0 Å². The number of nitrogens with zero attached hydrogens (tertiary/aromatic N) is 1. The Morgan fingerprint density at radius 2 is 1.75 bits per heavy atom. The van der Waals surface area contributed by atoms with E-state index in [2.05, 4.69) is 4.90 Å². The fourth-order valence-electron chi connectivity index (χ4n) is 3.97. The number of hydrogen-bond acceptors (Lipinski definition) is 2. The van der Waals surface area contributed by atoms with Gasteiger partial charge in [-0.15, -0.1) is 0 Å². The minimum absolute atomic E-state index is 0.359. The summed E-state index contributed by atoms with van der Waals surface area (Å²) in [5.41, 5.74) is 7.72. The van der Waals surface area contributed by atoms with Gasteiger partial charge < -0.3 is 10.6 Å². The average molecular weight is 270 g/mol. The molecule has 106 valence electrons. The van der Waals surface area contributed by atoms with Gasteiger partial charge in [-0.2, -0.15) is 0 Å². The summed E-state index contributed by atoms with van der Waals surface area (Å²) >= 11 is 0. The Kier molecular flexibility index (Phi) is 2.76. The van der Waals surface area contributed by atoms with E-state index >= 15 is 0 Å². The fraction of sp³-hybridized carbons (Fsp3) is 0.588. The number of rotatable bonds is 4. The lowest BCUT2D eigenvalue weighted by molar-refractivity contribution is -0.134. The molecule has 2 N–H and O–H groups in total. The first-order valence-electron chi connectivity index (χ1n) is 7.89. The molecular formula is C17H22N2O. The van der Waals surface area contributed by atoms with E-state index in [1.807, 2.05) is 24.3 Å². The first kappa shape index (κ1) is 12.2. The van der Waals surface area contributed by atoms with Crippen LogP contribution >= 0.6 is 0 Å². The van der Waals surface area contributed by atoms with Gasteiger partial charge in [-0.1, -0.05) is 18.6 Å². The zero-order valence-electron chi connectivity index (χ0n) is 11.8. The number of nitrogens with two attached hydrogens (primary N) is 1. The van der Waals surface area contributed by atoms with Gasteiger partial charge in [0.1, 0.15) is 0 Å². The van der Waals surface area contributed by atoms with Crippen molar-refractivity contribution >= 4 is 11.6 Å². The minimum Gasteiger partial charge on any atom is -0.399 e.